The minimum atomic E-state index is -0.773. The van der Waals surface area contributed by atoms with Crippen LogP contribution in [0, 0.1) is 0 Å². The maximum Gasteiger partial charge on any atom is 0.328 e. The van der Waals surface area contributed by atoms with Crippen LogP contribution < -0.4 is 10.1 Å². The molecule has 6 heteroatoms. The van der Waals surface area contributed by atoms with Crippen LogP contribution >= 0.6 is 0 Å². The smallest absolute Gasteiger partial charge is 0.328 e. The Labute approximate surface area is 168 Å². The van der Waals surface area contributed by atoms with E-state index in [1.165, 1.54) is 13.2 Å². The number of benzene rings is 2. The van der Waals surface area contributed by atoms with Crippen LogP contribution in [0.15, 0.2) is 54.7 Å². The van der Waals surface area contributed by atoms with Crippen molar-refractivity contribution in [1.29, 1.82) is 0 Å². The van der Waals surface area contributed by atoms with E-state index >= 15 is 0 Å². The summed E-state index contributed by atoms with van der Waals surface area (Å²) in [7, 11) is 1.32. The molecular weight excluding hydrogens is 368 g/mol. The standard InChI is InChI=1S/C23H22N2O4/c1-28-23(27)20(13-17-14-24-19-5-3-2-4-18(17)19)25-22(26)9-7-15-6-8-21-16(12-15)10-11-29-21/h2-9,12,14,20,24H,10-11,13H2,1H3,(H,25,26)/b9-7+. The monoisotopic (exact) mass is 390 g/mol. The SMILES string of the molecule is COC(=O)C(Cc1c[nH]c2ccccc12)NC(=O)/C=C/c1ccc2c(c1)CCO2. The number of carbonyl (C=O) groups excluding carboxylic acids is 2. The normalized spacial score (nSPS) is 13.8. The predicted octanol–water partition coefficient (Wildman–Crippen LogP) is 3.02. The molecule has 3 aromatic rings. The van der Waals surface area contributed by atoms with Gasteiger partial charge >= 0.3 is 5.97 Å². The van der Waals surface area contributed by atoms with Gasteiger partial charge in [0.2, 0.25) is 5.91 Å². The third-order valence-corrected chi connectivity index (χ3v) is 5.04. The van der Waals surface area contributed by atoms with Gasteiger partial charge in [0.1, 0.15) is 11.8 Å². The van der Waals surface area contributed by atoms with Crippen molar-refractivity contribution in [3.05, 3.63) is 71.4 Å². The Morgan fingerprint density at radius 1 is 1.28 bits per heavy atom. The number of hydrogen-bond acceptors (Lipinski definition) is 4. The third kappa shape index (κ3) is 4.16. The zero-order chi connectivity index (χ0) is 20.2. The lowest BCUT2D eigenvalue weighted by atomic mass is 10.0. The molecule has 2 aromatic carbocycles. The number of fused-ring (bicyclic) bond motifs is 2. The Bertz CT molecular complexity index is 1080. The van der Waals surface area contributed by atoms with E-state index < -0.39 is 12.0 Å². The first-order valence-corrected chi connectivity index (χ1v) is 9.51. The second kappa shape index (κ2) is 8.22. The molecule has 148 valence electrons. The van der Waals surface area contributed by atoms with Gasteiger partial charge in [-0.3, -0.25) is 4.79 Å². The van der Waals surface area contributed by atoms with Crippen LogP contribution in [0.25, 0.3) is 17.0 Å². The molecule has 0 saturated heterocycles. The number of para-hydroxylation sites is 1. The molecule has 1 amide bonds. The number of aromatic amines is 1. The average molecular weight is 390 g/mol. The summed E-state index contributed by atoms with van der Waals surface area (Å²) in [6.07, 6.45) is 6.23. The first kappa shape index (κ1) is 18.8. The van der Waals surface area contributed by atoms with E-state index in [1.54, 1.807) is 6.08 Å². The summed E-state index contributed by atoms with van der Waals surface area (Å²) in [4.78, 5) is 27.8. The van der Waals surface area contributed by atoms with E-state index in [0.717, 1.165) is 39.8 Å². The van der Waals surface area contributed by atoms with Crippen LogP contribution in [0.4, 0.5) is 0 Å². The number of nitrogens with one attached hydrogen (secondary N) is 2. The zero-order valence-corrected chi connectivity index (χ0v) is 16.1. The molecule has 0 radical (unpaired) electrons. The Kier molecular flexibility index (Phi) is 5.33. The van der Waals surface area contributed by atoms with Crippen LogP contribution in [-0.4, -0.2) is 36.6 Å². The maximum absolute atomic E-state index is 12.4. The fourth-order valence-corrected chi connectivity index (χ4v) is 3.56. The van der Waals surface area contributed by atoms with Gasteiger partial charge in [0.15, 0.2) is 0 Å². The third-order valence-electron chi connectivity index (χ3n) is 5.04. The summed E-state index contributed by atoms with van der Waals surface area (Å²) < 4.78 is 10.4. The Morgan fingerprint density at radius 2 is 2.14 bits per heavy atom. The Balaban J connectivity index is 1.46. The molecule has 2 heterocycles. The van der Waals surface area contributed by atoms with Crippen molar-refractivity contribution in [3.63, 3.8) is 0 Å². The Morgan fingerprint density at radius 3 is 3.00 bits per heavy atom. The highest BCUT2D eigenvalue weighted by Crippen LogP contribution is 2.26. The highest BCUT2D eigenvalue weighted by Gasteiger charge is 2.22. The fraction of sp³-hybridized carbons (Fsp3) is 0.217. The lowest BCUT2D eigenvalue weighted by Crippen LogP contribution is -2.42. The molecule has 1 aliphatic heterocycles. The lowest BCUT2D eigenvalue weighted by molar-refractivity contribution is -0.144. The van der Waals surface area contributed by atoms with Gasteiger partial charge in [0.05, 0.1) is 13.7 Å². The first-order chi connectivity index (χ1) is 14.1. The second-order valence-electron chi connectivity index (χ2n) is 6.95. The quantitative estimate of drug-likeness (QED) is 0.501. The van der Waals surface area contributed by atoms with Crippen LogP contribution in [0.5, 0.6) is 5.75 Å². The van der Waals surface area contributed by atoms with Crippen LogP contribution in [0.3, 0.4) is 0 Å². The number of H-pyrrole nitrogens is 1. The highest BCUT2D eigenvalue weighted by atomic mass is 16.5. The van der Waals surface area contributed by atoms with Gasteiger partial charge in [-0.15, -0.1) is 0 Å². The van der Waals surface area contributed by atoms with Crippen molar-refractivity contribution in [2.24, 2.45) is 0 Å². The number of ether oxygens (including phenoxy) is 2. The van der Waals surface area contributed by atoms with Gasteiger partial charge in [-0.25, -0.2) is 4.79 Å². The summed E-state index contributed by atoms with van der Waals surface area (Å²) in [5.74, 6) is 0.0692. The van der Waals surface area contributed by atoms with Crippen molar-refractivity contribution >= 4 is 28.9 Å². The van der Waals surface area contributed by atoms with Crippen LogP contribution in [0.2, 0.25) is 0 Å². The van der Waals surface area contributed by atoms with Gasteiger partial charge < -0.3 is 19.8 Å². The number of hydrogen-bond donors (Lipinski definition) is 2. The molecule has 29 heavy (non-hydrogen) atoms. The fourth-order valence-electron chi connectivity index (χ4n) is 3.56. The van der Waals surface area contributed by atoms with Gasteiger partial charge in [0, 0.05) is 36.0 Å². The molecule has 1 aromatic heterocycles. The molecule has 1 unspecified atom stereocenters. The lowest BCUT2D eigenvalue weighted by Gasteiger charge is -2.15. The van der Waals surface area contributed by atoms with Gasteiger partial charge in [0.25, 0.3) is 0 Å². The number of carbonyl (C=O) groups is 2. The van der Waals surface area contributed by atoms with E-state index in [1.807, 2.05) is 48.7 Å². The number of amides is 1. The number of methoxy groups -OCH3 is 1. The number of esters is 1. The second-order valence-corrected chi connectivity index (χ2v) is 6.95. The van der Waals surface area contributed by atoms with Gasteiger partial charge in [-0.05, 0) is 41.0 Å². The molecule has 1 atom stereocenters. The van der Waals surface area contributed by atoms with E-state index in [0.29, 0.717) is 13.0 Å². The summed E-state index contributed by atoms with van der Waals surface area (Å²) in [6, 6.07) is 12.9. The molecule has 0 saturated carbocycles. The van der Waals surface area contributed by atoms with Crippen molar-refractivity contribution in [1.82, 2.24) is 10.3 Å². The largest absolute Gasteiger partial charge is 0.493 e. The van der Waals surface area contributed by atoms with E-state index in [4.69, 9.17) is 9.47 Å². The molecule has 0 spiro atoms. The minimum Gasteiger partial charge on any atom is -0.493 e. The molecule has 4 rings (SSSR count). The zero-order valence-electron chi connectivity index (χ0n) is 16.1. The van der Waals surface area contributed by atoms with Crippen LogP contribution in [0.1, 0.15) is 16.7 Å². The molecule has 0 fully saturated rings. The van der Waals surface area contributed by atoms with E-state index in [9.17, 15) is 9.59 Å². The minimum absolute atomic E-state index is 0.340. The van der Waals surface area contributed by atoms with Gasteiger partial charge in [-0.1, -0.05) is 24.3 Å². The topological polar surface area (TPSA) is 80.4 Å². The summed E-state index contributed by atoms with van der Waals surface area (Å²) in [6.45, 7) is 0.692. The molecule has 1 aliphatic rings. The van der Waals surface area contributed by atoms with Crippen molar-refractivity contribution in [2.45, 2.75) is 18.9 Å². The first-order valence-electron chi connectivity index (χ1n) is 9.51. The average Bonchev–Trinajstić information content (AvgIpc) is 3.38. The predicted molar refractivity (Wildman–Crippen MR) is 111 cm³/mol. The van der Waals surface area contributed by atoms with Crippen molar-refractivity contribution in [2.75, 3.05) is 13.7 Å². The summed E-state index contributed by atoms with van der Waals surface area (Å²) >= 11 is 0. The molecule has 2 N–H and O–H groups in total. The summed E-state index contributed by atoms with van der Waals surface area (Å²) in [5.41, 5.74) is 3.98. The number of aromatic nitrogens is 1. The molecule has 6 nitrogen and oxygen atoms in total. The van der Waals surface area contributed by atoms with Gasteiger partial charge in [-0.2, -0.15) is 0 Å². The van der Waals surface area contributed by atoms with E-state index in [-0.39, 0.29) is 5.91 Å². The van der Waals surface area contributed by atoms with Crippen LogP contribution in [-0.2, 0) is 27.2 Å². The molecular formula is C23H22N2O4. The molecule has 0 aliphatic carbocycles. The maximum atomic E-state index is 12.4. The van der Waals surface area contributed by atoms with Crippen molar-refractivity contribution in [3.8, 4) is 5.75 Å². The van der Waals surface area contributed by atoms with Crippen molar-refractivity contribution < 1.29 is 19.1 Å². The molecule has 0 bridgehead atoms. The Hall–Kier alpha value is -3.54. The highest BCUT2D eigenvalue weighted by molar-refractivity contribution is 5.95. The summed E-state index contributed by atoms with van der Waals surface area (Å²) in [5, 5.41) is 3.77. The van der Waals surface area contributed by atoms with E-state index in [2.05, 4.69) is 10.3 Å². The number of rotatable bonds is 6.